The van der Waals surface area contributed by atoms with E-state index < -0.39 is 6.04 Å². The molecule has 0 aliphatic heterocycles. The van der Waals surface area contributed by atoms with Crippen molar-refractivity contribution in [1.29, 1.82) is 0 Å². The SMILES string of the molecule is O=[N+]([O-])C1C2C=CC(C2)C1c1ccccc1Cl. The van der Waals surface area contributed by atoms with Crippen LogP contribution in [0, 0.1) is 22.0 Å². The number of allylic oxidation sites excluding steroid dienone is 1. The fourth-order valence-electron chi connectivity index (χ4n) is 3.24. The van der Waals surface area contributed by atoms with Crippen molar-refractivity contribution in [2.75, 3.05) is 0 Å². The van der Waals surface area contributed by atoms with Crippen molar-refractivity contribution in [2.24, 2.45) is 11.8 Å². The van der Waals surface area contributed by atoms with Gasteiger partial charge in [0, 0.05) is 15.9 Å². The van der Waals surface area contributed by atoms with Crippen molar-refractivity contribution in [3.05, 3.63) is 57.1 Å². The number of benzene rings is 1. The molecular formula is C13H12ClNO2. The molecule has 0 spiro atoms. The summed E-state index contributed by atoms with van der Waals surface area (Å²) in [7, 11) is 0. The lowest BCUT2D eigenvalue weighted by molar-refractivity contribution is -0.530. The largest absolute Gasteiger partial charge is 0.264 e. The summed E-state index contributed by atoms with van der Waals surface area (Å²) >= 11 is 6.16. The summed E-state index contributed by atoms with van der Waals surface area (Å²) in [4.78, 5) is 11.1. The first kappa shape index (κ1) is 10.8. The molecule has 3 rings (SSSR count). The van der Waals surface area contributed by atoms with Crippen LogP contribution in [0.1, 0.15) is 17.9 Å². The fourth-order valence-corrected chi connectivity index (χ4v) is 3.51. The highest BCUT2D eigenvalue weighted by Gasteiger charge is 2.52. The molecular weight excluding hydrogens is 238 g/mol. The van der Waals surface area contributed by atoms with Gasteiger partial charge in [-0.3, -0.25) is 10.1 Å². The van der Waals surface area contributed by atoms with Gasteiger partial charge in [0.15, 0.2) is 0 Å². The minimum atomic E-state index is -0.509. The second-order valence-electron chi connectivity index (χ2n) is 4.77. The van der Waals surface area contributed by atoms with Crippen LogP contribution in [-0.4, -0.2) is 11.0 Å². The highest BCUT2D eigenvalue weighted by Crippen LogP contribution is 2.51. The van der Waals surface area contributed by atoms with Gasteiger partial charge in [-0.25, -0.2) is 0 Å². The Kier molecular flexibility index (Phi) is 2.44. The topological polar surface area (TPSA) is 43.1 Å². The second-order valence-corrected chi connectivity index (χ2v) is 5.18. The van der Waals surface area contributed by atoms with E-state index in [1.807, 2.05) is 30.3 Å². The van der Waals surface area contributed by atoms with E-state index in [2.05, 4.69) is 6.08 Å². The van der Waals surface area contributed by atoms with Crippen LogP contribution in [0.2, 0.25) is 5.02 Å². The molecule has 1 saturated carbocycles. The lowest BCUT2D eigenvalue weighted by Gasteiger charge is -2.22. The van der Waals surface area contributed by atoms with E-state index in [4.69, 9.17) is 11.6 Å². The second kappa shape index (κ2) is 3.84. The Morgan fingerprint density at radius 1 is 1.24 bits per heavy atom. The van der Waals surface area contributed by atoms with Gasteiger partial charge >= 0.3 is 0 Å². The van der Waals surface area contributed by atoms with Gasteiger partial charge in [-0.2, -0.15) is 0 Å². The number of hydrogen-bond acceptors (Lipinski definition) is 2. The van der Waals surface area contributed by atoms with E-state index in [0.29, 0.717) is 5.02 Å². The lowest BCUT2D eigenvalue weighted by atomic mass is 9.83. The third kappa shape index (κ3) is 1.57. The molecule has 3 nitrogen and oxygen atoms in total. The van der Waals surface area contributed by atoms with Gasteiger partial charge in [0.2, 0.25) is 6.04 Å². The molecule has 0 amide bonds. The number of rotatable bonds is 2. The van der Waals surface area contributed by atoms with Gasteiger partial charge in [-0.1, -0.05) is 42.0 Å². The van der Waals surface area contributed by atoms with Crippen LogP contribution >= 0.6 is 11.6 Å². The van der Waals surface area contributed by atoms with Crippen LogP contribution in [-0.2, 0) is 0 Å². The summed E-state index contributed by atoms with van der Waals surface area (Å²) in [6.45, 7) is 0. The maximum Gasteiger partial charge on any atom is 0.226 e. The molecule has 1 fully saturated rings. The van der Waals surface area contributed by atoms with Crippen molar-refractivity contribution in [3.8, 4) is 0 Å². The van der Waals surface area contributed by atoms with Crippen LogP contribution in [0.4, 0.5) is 0 Å². The molecule has 88 valence electrons. The Morgan fingerprint density at radius 3 is 2.65 bits per heavy atom. The van der Waals surface area contributed by atoms with E-state index in [1.54, 1.807) is 0 Å². The summed E-state index contributed by atoms with van der Waals surface area (Å²) in [6, 6.07) is 6.97. The quantitative estimate of drug-likeness (QED) is 0.459. The molecule has 2 aliphatic carbocycles. The van der Waals surface area contributed by atoms with Crippen molar-refractivity contribution in [2.45, 2.75) is 18.4 Å². The molecule has 0 heterocycles. The van der Waals surface area contributed by atoms with Crippen molar-refractivity contribution in [1.82, 2.24) is 0 Å². The Morgan fingerprint density at radius 2 is 1.94 bits per heavy atom. The summed E-state index contributed by atoms with van der Waals surface area (Å²) in [5.74, 6) is 0.292. The maximum atomic E-state index is 11.2. The molecule has 1 aromatic carbocycles. The molecule has 4 unspecified atom stereocenters. The summed E-state index contributed by atoms with van der Waals surface area (Å²) in [5.41, 5.74) is 0.924. The summed E-state index contributed by atoms with van der Waals surface area (Å²) < 4.78 is 0. The molecule has 0 N–H and O–H groups in total. The van der Waals surface area contributed by atoms with E-state index >= 15 is 0 Å². The van der Waals surface area contributed by atoms with Gasteiger partial charge in [0.25, 0.3) is 0 Å². The Bertz CT molecular complexity index is 500. The molecule has 0 aromatic heterocycles. The van der Waals surface area contributed by atoms with E-state index in [0.717, 1.165) is 12.0 Å². The molecule has 2 aliphatic rings. The van der Waals surface area contributed by atoms with E-state index in [9.17, 15) is 10.1 Å². The zero-order chi connectivity index (χ0) is 12.0. The monoisotopic (exact) mass is 249 g/mol. The van der Waals surface area contributed by atoms with Crippen LogP contribution < -0.4 is 0 Å². The molecule has 1 aromatic rings. The standard InChI is InChI=1S/C13H12ClNO2/c14-11-4-2-1-3-10(11)12-8-5-6-9(7-8)13(12)15(16)17/h1-6,8-9,12-13H,7H2. The number of halogens is 1. The maximum absolute atomic E-state index is 11.2. The van der Waals surface area contributed by atoms with Gasteiger partial charge in [-0.15, -0.1) is 0 Å². The van der Waals surface area contributed by atoms with Crippen molar-refractivity contribution < 1.29 is 4.92 Å². The Balaban J connectivity index is 2.05. The number of fused-ring (bicyclic) bond motifs is 2. The highest BCUT2D eigenvalue weighted by atomic mass is 35.5. The first-order valence-electron chi connectivity index (χ1n) is 5.74. The predicted octanol–water partition coefficient (Wildman–Crippen LogP) is 3.27. The molecule has 0 saturated heterocycles. The van der Waals surface area contributed by atoms with Gasteiger partial charge in [0.05, 0.1) is 5.92 Å². The van der Waals surface area contributed by atoms with Crippen LogP contribution in [0.15, 0.2) is 36.4 Å². The highest BCUT2D eigenvalue weighted by molar-refractivity contribution is 6.31. The van der Waals surface area contributed by atoms with Gasteiger partial charge in [-0.05, 0) is 24.0 Å². The molecule has 17 heavy (non-hydrogen) atoms. The molecule has 0 radical (unpaired) electrons. The van der Waals surface area contributed by atoms with Crippen molar-refractivity contribution >= 4 is 11.6 Å². The third-order valence-corrected chi connectivity index (χ3v) is 4.27. The molecule has 4 heteroatoms. The number of nitro groups is 1. The van der Waals surface area contributed by atoms with Gasteiger partial charge in [0.1, 0.15) is 0 Å². The van der Waals surface area contributed by atoms with Crippen LogP contribution in [0.5, 0.6) is 0 Å². The van der Waals surface area contributed by atoms with Gasteiger partial charge < -0.3 is 0 Å². The average molecular weight is 250 g/mol. The van der Waals surface area contributed by atoms with Crippen LogP contribution in [0.3, 0.4) is 0 Å². The minimum Gasteiger partial charge on any atom is -0.264 e. The van der Waals surface area contributed by atoms with Crippen LogP contribution in [0.25, 0.3) is 0 Å². The smallest absolute Gasteiger partial charge is 0.226 e. The lowest BCUT2D eigenvalue weighted by Crippen LogP contribution is -2.31. The minimum absolute atomic E-state index is 0.0614. The average Bonchev–Trinajstić information content (AvgIpc) is 2.89. The predicted molar refractivity (Wildman–Crippen MR) is 65.7 cm³/mol. The summed E-state index contributed by atoms with van der Waals surface area (Å²) in [6.07, 6.45) is 4.99. The zero-order valence-corrected chi connectivity index (χ0v) is 9.88. The fraction of sp³-hybridized carbons (Fsp3) is 0.385. The Hall–Kier alpha value is -1.35. The molecule has 2 bridgehead atoms. The number of nitrogens with zero attached hydrogens (tertiary/aromatic N) is 1. The molecule has 4 atom stereocenters. The third-order valence-electron chi connectivity index (χ3n) is 3.93. The van der Waals surface area contributed by atoms with E-state index in [-0.39, 0.29) is 22.7 Å². The zero-order valence-electron chi connectivity index (χ0n) is 9.12. The number of hydrogen-bond donors (Lipinski definition) is 0. The first-order chi connectivity index (χ1) is 8.18. The normalized spacial score (nSPS) is 34.2. The van der Waals surface area contributed by atoms with Crippen molar-refractivity contribution in [3.63, 3.8) is 0 Å². The first-order valence-corrected chi connectivity index (χ1v) is 6.12. The summed E-state index contributed by atoms with van der Waals surface area (Å²) in [5, 5.41) is 11.9. The van der Waals surface area contributed by atoms with E-state index in [1.165, 1.54) is 0 Å². The Labute approximate surface area is 104 Å².